The smallest absolute Gasteiger partial charge is 0.0143 e. The van der Waals surface area contributed by atoms with E-state index in [9.17, 15) is 0 Å². The van der Waals surface area contributed by atoms with E-state index in [0.29, 0.717) is 11.3 Å². The molecular weight excluding hydrogens is 182 g/mol. The first-order valence-corrected chi connectivity index (χ1v) is 6.25. The van der Waals surface area contributed by atoms with Gasteiger partial charge >= 0.3 is 0 Å². The Morgan fingerprint density at radius 2 is 1.73 bits per heavy atom. The monoisotopic (exact) mass is 211 g/mol. The summed E-state index contributed by atoms with van der Waals surface area (Å²) in [5.74, 6) is 0.555. The Hall–Kier alpha value is -0.460. The highest BCUT2D eigenvalue weighted by Crippen LogP contribution is 2.21. The Morgan fingerprint density at radius 3 is 2.20 bits per heavy atom. The molecule has 0 aliphatic heterocycles. The second kappa shape index (κ2) is 6.92. The lowest BCUT2D eigenvalue weighted by atomic mass is 9.89. The van der Waals surface area contributed by atoms with Gasteiger partial charge in [-0.15, -0.1) is 0 Å². The van der Waals surface area contributed by atoms with Crippen LogP contribution in [0.15, 0.2) is 12.3 Å². The van der Waals surface area contributed by atoms with Gasteiger partial charge in [-0.3, -0.25) is 0 Å². The first kappa shape index (κ1) is 14.5. The van der Waals surface area contributed by atoms with E-state index >= 15 is 0 Å². The van der Waals surface area contributed by atoms with E-state index in [-0.39, 0.29) is 0 Å². The maximum atomic E-state index is 4.00. The molecule has 1 nitrogen and oxygen atoms in total. The molecule has 1 heteroatoms. The van der Waals surface area contributed by atoms with Crippen LogP contribution in [0.1, 0.15) is 60.3 Å². The number of allylic oxidation sites excluding steroid dienone is 1. The summed E-state index contributed by atoms with van der Waals surface area (Å²) in [5.41, 5.74) is 1.67. The summed E-state index contributed by atoms with van der Waals surface area (Å²) in [6.45, 7) is 16.4. The lowest BCUT2D eigenvalue weighted by Crippen LogP contribution is -2.17. The lowest BCUT2D eigenvalue weighted by molar-refractivity contribution is 0.357. The summed E-state index contributed by atoms with van der Waals surface area (Å²) in [7, 11) is 0. The van der Waals surface area contributed by atoms with Crippen molar-refractivity contribution in [1.29, 1.82) is 0 Å². The molecule has 0 atom stereocenters. The minimum Gasteiger partial charge on any atom is -0.389 e. The van der Waals surface area contributed by atoms with Gasteiger partial charge < -0.3 is 5.32 Å². The average molecular weight is 211 g/mol. The van der Waals surface area contributed by atoms with E-state index in [0.717, 1.165) is 6.54 Å². The first-order valence-electron chi connectivity index (χ1n) is 6.25. The molecule has 0 aliphatic rings. The maximum Gasteiger partial charge on any atom is 0.0143 e. The fourth-order valence-corrected chi connectivity index (χ4v) is 1.41. The van der Waals surface area contributed by atoms with Gasteiger partial charge in [0, 0.05) is 12.2 Å². The van der Waals surface area contributed by atoms with Crippen molar-refractivity contribution in [3.8, 4) is 0 Å². The minimum atomic E-state index is 0.495. The quantitative estimate of drug-likeness (QED) is 0.617. The maximum absolute atomic E-state index is 4.00. The van der Waals surface area contributed by atoms with Gasteiger partial charge in [0.05, 0.1) is 0 Å². The molecule has 0 saturated heterocycles. The van der Waals surface area contributed by atoms with Crippen LogP contribution in [0.25, 0.3) is 0 Å². The number of unbranched alkanes of at least 4 members (excludes halogenated alkanes) is 2. The van der Waals surface area contributed by atoms with E-state index in [4.69, 9.17) is 0 Å². The highest BCUT2D eigenvalue weighted by atomic mass is 14.9. The third kappa shape index (κ3) is 9.84. The van der Waals surface area contributed by atoms with Gasteiger partial charge in [-0.25, -0.2) is 0 Å². The Balaban J connectivity index is 3.30. The molecule has 0 unspecified atom stereocenters. The largest absolute Gasteiger partial charge is 0.389 e. The second-order valence-electron chi connectivity index (χ2n) is 5.98. The summed E-state index contributed by atoms with van der Waals surface area (Å²) < 4.78 is 0. The Morgan fingerprint density at radius 1 is 1.13 bits per heavy atom. The van der Waals surface area contributed by atoms with E-state index in [1.54, 1.807) is 0 Å². The number of hydrogen-bond donors (Lipinski definition) is 1. The van der Waals surface area contributed by atoms with Gasteiger partial charge in [-0.05, 0) is 24.2 Å². The molecule has 0 aromatic carbocycles. The van der Waals surface area contributed by atoms with E-state index < -0.39 is 0 Å². The fraction of sp³-hybridized carbons (Fsp3) is 0.857. The van der Waals surface area contributed by atoms with Crippen LogP contribution in [0, 0.1) is 11.3 Å². The SMILES string of the molecule is C=C(NCCCCCC(C)(C)C)C(C)C. The zero-order valence-electron chi connectivity index (χ0n) is 11.3. The van der Waals surface area contributed by atoms with Crippen LogP contribution in [0.5, 0.6) is 0 Å². The van der Waals surface area contributed by atoms with Crippen molar-refractivity contribution in [3.05, 3.63) is 12.3 Å². The number of rotatable bonds is 7. The molecule has 1 N–H and O–H groups in total. The Labute approximate surface area is 96.3 Å². The molecule has 90 valence electrons. The molecule has 0 bridgehead atoms. The molecule has 0 saturated carbocycles. The summed E-state index contributed by atoms with van der Waals surface area (Å²) in [6.07, 6.45) is 5.27. The van der Waals surface area contributed by atoms with Gasteiger partial charge in [0.25, 0.3) is 0 Å². The molecule has 0 fully saturated rings. The standard InChI is InChI=1S/C14H29N/c1-12(2)13(3)15-11-9-7-8-10-14(4,5)6/h12,15H,3,7-11H2,1-2,4-6H3. The van der Waals surface area contributed by atoms with Crippen LogP contribution in [0.4, 0.5) is 0 Å². The first-order chi connectivity index (χ1) is 6.83. The topological polar surface area (TPSA) is 12.0 Å². The van der Waals surface area contributed by atoms with Crippen LogP contribution in [0.2, 0.25) is 0 Å². The van der Waals surface area contributed by atoms with Gasteiger partial charge in [0.1, 0.15) is 0 Å². The molecule has 0 aliphatic carbocycles. The predicted octanol–water partition coefficient (Wildman–Crippen LogP) is 4.35. The average Bonchev–Trinajstić information content (AvgIpc) is 2.08. The van der Waals surface area contributed by atoms with Gasteiger partial charge in [-0.2, -0.15) is 0 Å². The summed E-state index contributed by atoms with van der Waals surface area (Å²) in [6, 6.07) is 0. The van der Waals surface area contributed by atoms with Crippen molar-refractivity contribution in [1.82, 2.24) is 5.32 Å². The van der Waals surface area contributed by atoms with Gasteiger partial charge in [0.2, 0.25) is 0 Å². The van der Waals surface area contributed by atoms with Crippen LogP contribution >= 0.6 is 0 Å². The van der Waals surface area contributed by atoms with Crippen molar-refractivity contribution in [2.24, 2.45) is 11.3 Å². The van der Waals surface area contributed by atoms with E-state index in [1.165, 1.54) is 31.4 Å². The van der Waals surface area contributed by atoms with Gasteiger partial charge in [0.15, 0.2) is 0 Å². The molecular formula is C14H29N. The predicted molar refractivity (Wildman–Crippen MR) is 69.9 cm³/mol. The lowest BCUT2D eigenvalue weighted by Gasteiger charge is -2.17. The van der Waals surface area contributed by atoms with Crippen LogP contribution in [-0.4, -0.2) is 6.54 Å². The Kier molecular flexibility index (Phi) is 6.71. The van der Waals surface area contributed by atoms with Crippen molar-refractivity contribution in [3.63, 3.8) is 0 Å². The molecule has 0 heterocycles. The van der Waals surface area contributed by atoms with Crippen molar-refractivity contribution in [2.45, 2.75) is 60.3 Å². The summed E-state index contributed by atoms with van der Waals surface area (Å²) in [4.78, 5) is 0. The fourth-order valence-electron chi connectivity index (χ4n) is 1.41. The van der Waals surface area contributed by atoms with Crippen LogP contribution in [0.3, 0.4) is 0 Å². The Bertz CT molecular complexity index is 174. The molecule has 0 amide bonds. The molecule has 0 rings (SSSR count). The van der Waals surface area contributed by atoms with Crippen LogP contribution < -0.4 is 5.32 Å². The molecule has 0 spiro atoms. The molecule has 0 aromatic rings. The highest BCUT2D eigenvalue weighted by molar-refractivity contribution is 4.93. The number of nitrogens with one attached hydrogen (secondary N) is 1. The molecule has 15 heavy (non-hydrogen) atoms. The van der Waals surface area contributed by atoms with Crippen LogP contribution in [-0.2, 0) is 0 Å². The summed E-state index contributed by atoms with van der Waals surface area (Å²) in [5, 5.41) is 3.39. The van der Waals surface area contributed by atoms with E-state index in [1.807, 2.05) is 0 Å². The normalized spacial score (nSPS) is 11.9. The van der Waals surface area contributed by atoms with Gasteiger partial charge in [-0.1, -0.05) is 54.0 Å². The zero-order chi connectivity index (χ0) is 11.9. The number of hydrogen-bond acceptors (Lipinski definition) is 1. The molecule has 0 radical (unpaired) electrons. The second-order valence-corrected chi connectivity index (χ2v) is 5.98. The third-order valence-electron chi connectivity index (χ3n) is 2.65. The third-order valence-corrected chi connectivity index (χ3v) is 2.65. The van der Waals surface area contributed by atoms with Crippen molar-refractivity contribution < 1.29 is 0 Å². The van der Waals surface area contributed by atoms with Crippen molar-refractivity contribution in [2.75, 3.05) is 6.54 Å². The zero-order valence-corrected chi connectivity index (χ0v) is 11.3. The summed E-state index contributed by atoms with van der Waals surface area (Å²) >= 11 is 0. The van der Waals surface area contributed by atoms with Crippen molar-refractivity contribution >= 4 is 0 Å². The highest BCUT2D eigenvalue weighted by Gasteiger charge is 2.08. The van der Waals surface area contributed by atoms with E-state index in [2.05, 4.69) is 46.5 Å². The molecule has 0 aromatic heterocycles. The minimum absolute atomic E-state index is 0.495.